The van der Waals surface area contributed by atoms with Gasteiger partial charge in [-0.05, 0) is 31.8 Å². The minimum Gasteiger partial charge on any atom is -0.497 e. The van der Waals surface area contributed by atoms with Gasteiger partial charge in [-0.1, -0.05) is 12.1 Å². The van der Waals surface area contributed by atoms with Crippen molar-refractivity contribution in [1.29, 1.82) is 0 Å². The molecular weight excluding hydrogens is 190 g/mol. The van der Waals surface area contributed by atoms with Crippen molar-refractivity contribution in [2.45, 2.75) is 5.54 Å². The third-order valence-electron chi connectivity index (χ3n) is 3.17. The Kier molecular flexibility index (Phi) is 2.67. The predicted molar refractivity (Wildman–Crippen MR) is 59.2 cm³/mol. The van der Waals surface area contributed by atoms with Gasteiger partial charge in [0.15, 0.2) is 0 Å². The first-order valence-corrected chi connectivity index (χ1v) is 5.09. The molecule has 3 nitrogen and oxygen atoms in total. The topological polar surface area (TPSA) is 21.7 Å². The minimum absolute atomic E-state index is 0.0618. The lowest BCUT2D eigenvalue weighted by Gasteiger charge is -2.47. The van der Waals surface area contributed by atoms with Crippen LogP contribution in [0.25, 0.3) is 0 Å². The molecule has 0 saturated carbocycles. The standard InChI is InChI=1S/C12H17NO2/c1-13(2)12(8-15-9-12)10-4-6-11(14-3)7-5-10/h4-7H,8-9H2,1-3H3. The number of likely N-dealkylation sites (N-methyl/N-ethyl adjacent to an activating group) is 1. The first-order chi connectivity index (χ1) is 7.19. The molecule has 1 saturated heterocycles. The Labute approximate surface area is 90.6 Å². The van der Waals surface area contributed by atoms with Crippen molar-refractivity contribution in [3.05, 3.63) is 29.8 Å². The van der Waals surface area contributed by atoms with Crippen LogP contribution < -0.4 is 4.74 Å². The molecule has 82 valence electrons. The number of rotatable bonds is 3. The zero-order valence-corrected chi connectivity index (χ0v) is 9.49. The fraction of sp³-hybridized carbons (Fsp3) is 0.500. The Morgan fingerprint density at radius 2 is 1.80 bits per heavy atom. The number of nitrogens with zero attached hydrogens (tertiary/aromatic N) is 1. The van der Waals surface area contributed by atoms with E-state index in [0.717, 1.165) is 19.0 Å². The molecule has 15 heavy (non-hydrogen) atoms. The fourth-order valence-corrected chi connectivity index (χ4v) is 1.88. The van der Waals surface area contributed by atoms with Gasteiger partial charge in [0.2, 0.25) is 0 Å². The number of hydrogen-bond acceptors (Lipinski definition) is 3. The maximum atomic E-state index is 5.34. The summed E-state index contributed by atoms with van der Waals surface area (Å²) in [6, 6.07) is 8.22. The molecule has 0 N–H and O–H groups in total. The summed E-state index contributed by atoms with van der Waals surface area (Å²) in [5, 5.41) is 0. The first kappa shape index (κ1) is 10.5. The Hall–Kier alpha value is -1.06. The largest absolute Gasteiger partial charge is 0.497 e. The highest BCUT2D eigenvalue weighted by Gasteiger charge is 2.42. The average molecular weight is 207 g/mol. The van der Waals surface area contributed by atoms with Gasteiger partial charge in [0.05, 0.1) is 25.9 Å². The van der Waals surface area contributed by atoms with Gasteiger partial charge in [-0.2, -0.15) is 0 Å². The lowest BCUT2D eigenvalue weighted by atomic mass is 9.87. The van der Waals surface area contributed by atoms with Crippen molar-refractivity contribution in [3.8, 4) is 5.75 Å². The maximum absolute atomic E-state index is 5.34. The van der Waals surface area contributed by atoms with Crippen LogP contribution in [-0.2, 0) is 10.3 Å². The number of methoxy groups -OCH3 is 1. The van der Waals surface area contributed by atoms with Crippen LogP contribution >= 0.6 is 0 Å². The Bertz CT molecular complexity index is 328. The highest BCUT2D eigenvalue weighted by molar-refractivity contribution is 5.33. The van der Waals surface area contributed by atoms with Crippen LogP contribution in [0.15, 0.2) is 24.3 Å². The van der Waals surface area contributed by atoms with Crippen LogP contribution in [0.4, 0.5) is 0 Å². The fourth-order valence-electron chi connectivity index (χ4n) is 1.88. The van der Waals surface area contributed by atoms with E-state index < -0.39 is 0 Å². The number of benzene rings is 1. The molecule has 1 aromatic carbocycles. The van der Waals surface area contributed by atoms with Crippen LogP contribution in [-0.4, -0.2) is 39.3 Å². The number of ether oxygens (including phenoxy) is 2. The van der Waals surface area contributed by atoms with Gasteiger partial charge in [0.25, 0.3) is 0 Å². The van der Waals surface area contributed by atoms with E-state index in [1.54, 1.807) is 7.11 Å². The minimum atomic E-state index is 0.0618. The second kappa shape index (κ2) is 3.83. The molecule has 0 amide bonds. The molecule has 0 radical (unpaired) electrons. The maximum Gasteiger partial charge on any atom is 0.118 e. The summed E-state index contributed by atoms with van der Waals surface area (Å²) >= 11 is 0. The van der Waals surface area contributed by atoms with Crippen molar-refractivity contribution in [2.24, 2.45) is 0 Å². The molecule has 0 aliphatic carbocycles. The van der Waals surface area contributed by atoms with Crippen molar-refractivity contribution in [2.75, 3.05) is 34.4 Å². The second-order valence-corrected chi connectivity index (χ2v) is 4.15. The van der Waals surface area contributed by atoms with Gasteiger partial charge in [0, 0.05) is 0 Å². The zero-order chi connectivity index (χ0) is 10.9. The molecule has 0 unspecified atom stereocenters. The molecule has 0 bridgehead atoms. The van der Waals surface area contributed by atoms with E-state index in [0.29, 0.717) is 0 Å². The Morgan fingerprint density at radius 1 is 1.20 bits per heavy atom. The third kappa shape index (κ3) is 1.62. The van der Waals surface area contributed by atoms with Crippen molar-refractivity contribution in [1.82, 2.24) is 4.90 Å². The van der Waals surface area contributed by atoms with E-state index in [2.05, 4.69) is 31.1 Å². The van der Waals surface area contributed by atoms with Crippen molar-refractivity contribution >= 4 is 0 Å². The zero-order valence-electron chi connectivity index (χ0n) is 9.49. The van der Waals surface area contributed by atoms with Gasteiger partial charge < -0.3 is 9.47 Å². The predicted octanol–water partition coefficient (Wildman–Crippen LogP) is 1.48. The van der Waals surface area contributed by atoms with E-state index in [9.17, 15) is 0 Å². The lowest BCUT2D eigenvalue weighted by Crippen LogP contribution is -2.56. The molecule has 1 heterocycles. The van der Waals surface area contributed by atoms with Gasteiger partial charge in [-0.3, -0.25) is 4.90 Å². The quantitative estimate of drug-likeness (QED) is 0.749. The highest BCUT2D eigenvalue weighted by atomic mass is 16.5. The first-order valence-electron chi connectivity index (χ1n) is 5.09. The summed E-state index contributed by atoms with van der Waals surface area (Å²) in [4.78, 5) is 2.22. The van der Waals surface area contributed by atoms with Crippen molar-refractivity contribution in [3.63, 3.8) is 0 Å². The van der Waals surface area contributed by atoms with Crippen molar-refractivity contribution < 1.29 is 9.47 Å². The van der Waals surface area contributed by atoms with Crippen LogP contribution in [0.2, 0.25) is 0 Å². The Balaban J connectivity index is 2.27. The van der Waals surface area contributed by atoms with E-state index in [-0.39, 0.29) is 5.54 Å². The summed E-state index contributed by atoms with van der Waals surface area (Å²) < 4.78 is 10.5. The van der Waals surface area contributed by atoms with Crippen LogP contribution in [0.5, 0.6) is 5.75 Å². The smallest absolute Gasteiger partial charge is 0.118 e. The molecule has 3 heteroatoms. The molecule has 1 aliphatic heterocycles. The lowest BCUT2D eigenvalue weighted by molar-refractivity contribution is -0.130. The van der Waals surface area contributed by atoms with Gasteiger partial charge in [-0.25, -0.2) is 0 Å². The molecule has 1 fully saturated rings. The monoisotopic (exact) mass is 207 g/mol. The SMILES string of the molecule is COc1ccc(C2(N(C)C)COC2)cc1. The summed E-state index contributed by atoms with van der Waals surface area (Å²) in [5.41, 5.74) is 1.35. The summed E-state index contributed by atoms with van der Waals surface area (Å²) in [7, 11) is 5.86. The van der Waals surface area contributed by atoms with Crippen LogP contribution in [0.3, 0.4) is 0 Å². The molecule has 2 rings (SSSR count). The normalized spacial score (nSPS) is 18.7. The third-order valence-corrected chi connectivity index (χ3v) is 3.17. The number of hydrogen-bond donors (Lipinski definition) is 0. The second-order valence-electron chi connectivity index (χ2n) is 4.15. The van der Waals surface area contributed by atoms with E-state index >= 15 is 0 Å². The summed E-state index contributed by atoms with van der Waals surface area (Å²) in [6.45, 7) is 1.54. The van der Waals surface area contributed by atoms with Gasteiger partial charge in [0.1, 0.15) is 5.75 Å². The molecular formula is C12H17NO2. The summed E-state index contributed by atoms with van der Waals surface area (Å²) in [5.74, 6) is 0.896. The Morgan fingerprint density at radius 3 is 2.13 bits per heavy atom. The summed E-state index contributed by atoms with van der Waals surface area (Å²) in [6.07, 6.45) is 0. The molecule has 0 spiro atoms. The van der Waals surface area contributed by atoms with Crippen LogP contribution in [0, 0.1) is 0 Å². The highest BCUT2D eigenvalue weighted by Crippen LogP contribution is 2.34. The van der Waals surface area contributed by atoms with E-state index in [1.165, 1.54) is 5.56 Å². The van der Waals surface area contributed by atoms with Crippen LogP contribution in [0.1, 0.15) is 5.56 Å². The molecule has 0 atom stereocenters. The molecule has 1 aromatic rings. The van der Waals surface area contributed by atoms with Gasteiger partial charge in [-0.15, -0.1) is 0 Å². The average Bonchev–Trinajstić information content (AvgIpc) is 2.16. The van der Waals surface area contributed by atoms with E-state index in [4.69, 9.17) is 9.47 Å². The molecule has 0 aromatic heterocycles. The van der Waals surface area contributed by atoms with Gasteiger partial charge >= 0.3 is 0 Å². The van der Waals surface area contributed by atoms with E-state index in [1.807, 2.05) is 12.1 Å². The molecule has 1 aliphatic rings.